The summed E-state index contributed by atoms with van der Waals surface area (Å²) in [5, 5.41) is 18.6. The summed E-state index contributed by atoms with van der Waals surface area (Å²) >= 11 is 0. The van der Waals surface area contributed by atoms with Crippen LogP contribution in [0.1, 0.15) is 23.1 Å². The average molecular weight is 423 g/mol. The summed E-state index contributed by atoms with van der Waals surface area (Å²) in [5.41, 5.74) is 7.77. The molecule has 1 aromatic heterocycles. The number of nitrogens with two attached hydrogens (primary N) is 1. The standard InChI is InChI=1S/C22H25N5O4/c1-2-31-17-7-8-18(19(28)13-17)21-24-25-22(20(23)29)27(21)16-5-3-15(4-6-16)14-26-9-11-30-12-10-26/h3-8,13,28H,2,9-12,14H2,1H3,(H2,23,29). The van der Waals surface area contributed by atoms with Crippen LogP contribution in [0.25, 0.3) is 17.1 Å². The largest absolute Gasteiger partial charge is 0.507 e. The minimum Gasteiger partial charge on any atom is -0.507 e. The summed E-state index contributed by atoms with van der Waals surface area (Å²) in [5.74, 6) is 0.109. The molecular formula is C22H25N5O4. The molecule has 31 heavy (non-hydrogen) atoms. The van der Waals surface area contributed by atoms with Gasteiger partial charge >= 0.3 is 0 Å². The number of hydrogen-bond donors (Lipinski definition) is 2. The van der Waals surface area contributed by atoms with Crippen molar-refractivity contribution in [3.63, 3.8) is 0 Å². The van der Waals surface area contributed by atoms with E-state index in [1.54, 1.807) is 16.7 Å². The maximum absolute atomic E-state index is 12.0. The maximum atomic E-state index is 12.0. The molecule has 3 N–H and O–H groups in total. The molecule has 0 saturated carbocycles. The molecule has 0 atom stereocenters. The summed E-state index contributed by atoms with van der Waals surface area (Å²) in [4.78, 5) is 14.3. The van der Waals surface area contributed by atoms with Gasteiger partial charge in [-0.3, -0.25) is 14.3 Å². The molecule has 9 nitrogen and oxygen atoms in total. The lowest BCUT2D eigenvalue weighted by molar-refractivity contribution is 0.0342. The quantitative estimate of drug-likeness (QED) is 0.597. The van der Waals surface area contributed by atoms with Crippen molar-refractivity contribution in [2.75, 3.05) is 32.9 Å². The van der Waals surface area contributed by atoms with E-state index in [0.29, 0.717) is 29.4 Å². The highest BCUT2D eigenvalue weighted by atomic mass is 16.5. The van der Waals surface area contributed by atoms with Crippen LogP contribution in [-0.2, 0) is 11.3 Å². The number of carbonyl (C=O) groups is 1. The van der Waals surface area contributed by atoms with Crippen LogP contribution in [0, 0.1) is 0 Å². The molecule has 2 heterocycles. The zero-order valence-corrected chi connectivity index (χ0v) is 17.3. The Kier molecular flexibility index (Phi) is 6.15. The number of primary amides is 1. The fourth-order valence-electron chi connectivity index (χ4n) is 3.59. The third kappa shape index (κ3) is 4.52. The molecule has 0 radical (unpaired) electrons. The maximum Gasteiger partial charge on any atom is 0.287 e. The molecule has 9 heteroatoms. The number of rotatable bonds is 7. The molecular weight excluding hydrogens is 398 g/mol. The van der Waals surface area contributed by atoms with E-state index in [1.165, 1.54) is 6.07 Å². The summed E-state index contributed by atoms with van der Waals surface area (Å²) in [6.45, 7) is 6.47. The highest BCUT2D eigenvalue weighted by Gasteiger charge is 2.21. The van der Waals surface area contributed by atoms with E-state index in [9.17, 15) is 9.90 Å². The molecule has 0 spiro atoms. The molecule has 1 amide bonds. The minimum absolute atomic E-state index is 0.00999. The van der Waals surface area contributed by atoms with Crippen molar-refractivity contribution in [3.8, 4) is 28.6 Å². The lowest BCUT2D eigenvalue weighted by Crippen LogP contribution is -2.35. The second kappa shape index (κ2) is 9.15. The number of nitrogens with zero attached hydrogens (tertiary/aromatic N) is 4. The van der Waals surface area contributed by atoms with Gasteiger partial charge in [0, 0.05) is 31.4 Å². The summed E-state index contributed by atoms with van der Waals surface area (Å²) in [6, 6.07) is 12.7. The van der Waals surface area contributed by atoms with Gasteiger partial charge in [-0.15, -0.1) is 10.2 Å². The number of ether oxygens (including phenoxy) is 2. The summed E-state index contributed by atoms with van der Waals surface area (Å²) in [6.07, 6.45) is 0. The van der Waals surface area contributed by atoms with E-state index < -0.39 is 5.91 Å². The Bertz CT molecular complexity index is 1060. The van der Waals surface area contributed by atoms with Gasteiger partial charge in [-0.25, -0.2) is 0 Å². The number of morpholine rings is 1. The first-order chi connectivity index (χ1) is 15.1. The molecule has 1 aliphatic heterocycles. The van der Waals surface area contributed by atoms with Crippen LogP contribution in [0.5, 0.6) is 11.5 Å². The van der Waals surface area contributed by atoms with Gasteiger partial charge in [0.15, 0.2) is 5.82 Å². The lowest BCUT2D eigenvalue weighted by Gasteiger charge is -2.26. The first kappa shape index (κ1) is 20.8. The van der Waals surface area contributed by atoms with Gasteiger partial charge in [-0.1, -0.05) is 12.1 Å². The van der Waals surface area contributed by atoms with Crippen molar-refractivity contribution >= 4 is 5.91 Å². The number of phenolic OH excluding ortho intramolecular Hbond substituents is 1. The molecule has 0 unspecified atom stereocenters. The van der Waals surface area contributed by atoms with Crippen LogP contribution in [0.2, 0.25) is 0 Å². The first-order valence-corrected chi connectivity index (χ1v) is 10.2. The van der Waals surface area contributed by atoms with Crippen molar-refractivity contribution in [1.29, 1.82) is 0 Å². The van der Waals surface area contributed by atoms with Crippen LogP contribution in [0.3, 0.4) is 0 Å². The fraction of sp³-hybridized carbons (Fsp3) is 0.318. The van der Waals surface area contributed by atoms with Crippen LogP contribution in [0.15, 0.2) is 42.5 Å². The summed E-state index contributed by atoms with van der Waals surface area (Å²) < 4.78 is 12.4. The Morgan fingerprint density at radius 1 is 1.16 bits per heavy atom. The third-order valence-electron chi connectivity index (χ3n) is 5.11. The number of benzene rings is 2. The monoisotopic (exact) mass is 423 g/mol. The second-order valence-electron chi connectivity index (χ2n) is 7.21. The number of hydrogen-bond acceptors (Lipinski definition) is 7. The molecule has 1 saturated heterocycles. The minimum atomic E-state index is -0.707. The van der Waals surface area contributed by atoms with Gasteiger partial charge in [-0.2, -0.15) is 0 Å². The van der Waals surface area contributed by atoms with Crippen molar-refractivity contribution in [1.82, 2.24) is 19.7 Å². The first-order valence-electron chi connectivity index (χ1n) is 10.2. The van der Waals surface area contributed by atoms with Crippen LogP contribution < -0.4 is 10.5 Å². The van der Waals surface area contributed by atoms with Crippen LogP contribution in [-0.4, -0.2) is 63.6 Å². The molecule has 0 aliphatic carbocycles. The topological polar surface area (TPSA) is 116 Å². The molecule has 1 fully saturated rings. The van der Waals surface area contributed by atoms with Crippen LogP contribution in [0.4, 0.5) is 0 Å². The SMILES string of the molecule is CCOc1ccc(-c2nnc(C(N)=O)n2-c2ccc(CN3CCOCC3)cc2)c(O)c1. The third-order valence-corrected chi connectivity index (χ3v) is 5.11. The highest BCUT2D eigenvalue weighted by Crippen LogP contribution is 2.33. The zero-order valence-electron chi connectivity index (χ0n) is 17.3. The van der Waals surface area contributed by atoms with Gasteiger partial charge in [0.2, 0.25) is 5.82 Å². The highest BCUT2D eigenvalue weighted by molar-refractivity contribution is 5.90. The molecule has 162 valence electrons. The molecule has 4 rings (SSSR count). The van der Waals surface area contributed by atoms with E-state index >= 15 is 0 Å². The predicted molar refractivity (Wildman–Crippen MR) is 114 cm³/mol. The molecule has 2 aromatic carbocycles. The number of aromatic hydroxyl groups is 1. The Hall–Kier alpha value is -3.43. The number of amides is 1. The summed E-state index contributed by atoms with van der Waals surface area (Å²) in [7, 11) is 0. The fourth-order valence-corrected chi connectivity index (χ4v) is 3.59. The Labute approximate surface area is 180 Å². The number of phenols is 1. The number of aromatic nitrogens is 3. The van der Waals surface area contributed by atoms with Crippen molar-refractivity contribution in [2.24, 2.45) is 5.73 Å². The molecule has 3 aromatic rings. The Morgan fingerprint density at radius 3 is 2.55 bits per heavy atom. The molecule has 1 aliphatic rings. The van der Waals surface area contributed by atoms with Gasteiger partial charge in [0.1, 0.15) is 11.5 Å². The van der Waals surface area contributed by atoms with Crippen molar-refractivity contribution in [2.45, 2.75) is 13.5 Å². The molecule has 0 bridgehead atoms. The Morgan fingerprint density at radius 2 is 1.90 bits per heavy atom. The van der Waals surface area contributed by atoms with Crippen molar-refractivity contribution < 1.29 is 19.4 Å². The smallest absolute Gasteiger partial charge is 0.287 e. The number of carbonyl (C=O) groups excluding carboxylic acids is 1. The lowest BCUT2D eigenvalue weighted by atomic mass is 10.1. The normalized spacial score (nSPS) is 14.5. The van der Waals surface area contributed by atoms with Gasteiger partial charge in [-0.05, 0) is 36.8 Å². The van der Waals surface area contributed by atoms with Crippen molar-refractivity contribution in [3.05, 3.63) is 53.9 Å². The van der Waals surface area contributed by atoms with E-state index in [1.807, 2.05) is 31.2 Å². The van der Waals surface area contributed by atoms with Gasteiger partial charge in [0.05, 0.1) is 25.4 Å². The zero-order chi connectivity index (χ0) is 21.8. The van der Waals surface area contributed by atoms with E-state index in [-0.39, 0.29) is 11.6 Å². The van der Waals surface area contributed by atoms with Crippen LogP contribution >= 0.6 is 0 Å². The van der Waals surface area contributed by atoms with Gasteiger partial charge in [0.25, 0.3) is 5.91 Å². The van der Waals surface area contributed by atoms with E-state index in [4.69, 9.17) is 15.2 Å². The van der Waals surface area contributed by atoms with E-state index in [2.05, 4.69) is 15.1 Å². The average Bonchev–Trinajstić information content (AvgIpc) is 3.21. The van der Waals surface area contributed by atoms with Gasteiger partial charge < -0.3 is 20.3 Å². The second-order valence-corrected chi connectivity index (χ2v) is 7.21. The Balaban J connectivity index is 1.67. The van der Waals surface area contributed by atoms with E-state index in [0.717, 1.165) is 38.4 Å². The predicted octanol–water partition coefficient (Wildman–Crippen LogP) is 1.97.